The molecule has 1 atom stereocenters. The summed E-state index contributed by atoms with van der Waals surface area (Å²) in [5, 5.41) is 0. The molecule has 1 aromatic carbocycles. The maximum Gasteiger partial charge on any atom is 0.274 e. The van der Waals surface area contributed by atoms with Crippen LogP contribution in [0.25, 0.3) is 16.6 Å². The summed E-state index contributed by atoms with van der Waals surface area (Å²) in [5.74, 6) is 1.16. The van der Waals surface area contributed by atoms with Gasteiger partial charge >= 0.3 is 0 Å². The van der Waals surface area contributed by atoms with E-state index in [0.29, 0.717) is 36.4 Å². The number of carbonyl (C=O) groups excluding carboxylic acids is 1. The lowest BCUT2D eigenvalue weighted by atomic mass is 9.92. The van der Waals surface area contributed by atoms with Gasteiger partial charge in [0.05, 0.1) is 23.3 Å². The third-order valence-corrected chi connectivity index (χ3v) is 7.25. The monoisotopic (exact) mass is 427 g/mol. The van der Waals surface area contributed by atoms with Crippen LogP contribution in [-0.4, -0.2) is 43.4 Å². The molecule has 0 spiro atoms. The number of nitrogens with zero attached hydrogens (tertiary/aromatic N) is 4. The van der Waals surface area contributed by atoms with E-state index in [1.54, 1.807) is 6.20 Å². The van der Waals surface area contributed by atoms with E-state index in [1.807, 2.05) is 33.8 Å². The molecule has 3 aliphatic rings. The molecule has 1 N–H and O–H groups in total. The second kappa shape index (κ2) is 6.49. The van der Waals surface area contributed by atoms with Crippen LogP contribution in [0, 0.1) is 0 Å². The van der Waals surface area contributed by atoms with Gasteiger partial charge in [-0.15, -0.1) is 0 Å². The molecule has 160 valence electrons. The highest BCUT2D eigenvalue weighted by Crippen LogP contribution is 2.42. The summed E-state index contributed by atoms with van der Waals surface area (Å²) in [4.78, 5) is 39.9. The van der Waals surface area contributed by atoms with Crippen LogP contribution in [0.2, 0.25) is 0 Å². The van der Waals surface area contributed by atoms with Gasteiger partial charge < -0.3 is 14.6 Å². The van der Waals surface area contributed by atoms with Crippen molar-refractivity contribution in [3.05, 3.63) is 75.2 Å². The number of carbonyl (C=O) groups is 1. The van der Waals surface area contributed by atoms with Gasteiger partial charge in [-0.2, -0.15) is 0 Å². The summed E-state index contributed by atoms with van der Waals surface area (Å²) in [6.45, 7) is 1.97. The van der Waals surface area contributed by atoms with E-state index in [2.05, 4.69) is 21.0 Å². The van der Waals surface area contributed by atoms with Gasteiger partial charge in [0.2, 0.25) is 0 Å². The van der Waals surface area contributed by atoms with Crippen molar-refractivity contribution in [1.82, 2.24) is 24.3 Å². The number of nitrogens with one attached hydrogen (secondary N) is 1. The van der Waals surface area contributed by atoms with Crippen molar-refractivity contribution in [2.24, 2.45) is 0 Å². The molecule has 8 nitrogen and oxygen atoms in total. The standard InChI is InChI=1S/C24H21N5O3/c30-23-21-11-26-22(13-2-5-32-6-3-13)29(21)20-9-16-17(8-18(20)27-23)24(31)28-12-15-10-25-4-1-14(15)7-19(16)28/h1,4,8-11,13,19H,2-3,5-7,12H2,(H,27,30). The van der Waals surface area contributed by atoms with Gasteiger partial charge in [-0.1, -0.05) is 0 Å². The molecule has 4 aromatic rings. The Bertz CT molecular complexity index is 1480. The molecule has 3 aliphatic heterocycles. The molecule has 32 heavy (non-hydrogen) atoms. The lowest BCUT2D eigenvalue weighted by Gasteiger charge is -2.31. The number of aromatic nitrogens is 4. The van der Waals surface area contributed by atoms with Crippen molar-refractivity contribution in [2.45, 2.75) is 37.8 Å². The number of imidazole rings is 1. The minimum Gasteiger partial charge on any atom is -0.381 e. The summed E-state index contributed by atoms with van der Waals surface area (Å²) in [6.07, 6.45) is 7.87. The minimum absolute atomic E-state index is 0.00571. The Hall–Kier alpha value is -3.52. The first-order valence-corrected chi connectivity index (χ1v) is 11.1. The fourth-order valence-electron chi connectivity index (χ4n) is 5.62. The molecule has 1 unspecified atom stereocenters. The first kappa shape index (κ1) is 18.1. The third kappa shape index (κ3) is 2.41. The van der Waals surface area contributed by atoms with Crippen molar-refractivity contribution in [3.63, 3.8) is 0 Å². The number of hydrogen-bond donors (Lipinski definition) is 1. The minimum atomic E-state index is -0.190. The smallest absolute Gasteiger partial charge is 0.274 e. The van der Waals surface area contributed by atoms with Gasteiger partial charge in [-0.25, -0.2) is 4.98 Å². The quantitative estimate of drug-likeness (QED) is 0.504. The van der Waals surface area contributed by atoms with Gasteiger partial charge in [0, 0.05) is 43.6 Å². The van der Waals surface area contributed by atoms with Crippen LogP contribution in [0.5, 0.6) is 0 Å². The van der Waals surface area contributed by atoms with Crippen LogP contribution in [0.3, 0.4) is 0 Å². The van der Waals surface area contributed by atoms with E-state index in [4.69, 9.17) is 4.74 Å². The Morgan fingerprint density at radius 3 is 2.81 bits per heavy atom. The molecule has 3 aromatic heterocycles. The number of rotatable bonds is 1. The number of benzene rings is 1. The molecular weight excluding hydrogens is 406 g/mol. The summed E-state index contributed by atoms with van der Waals surface area (Å²) >= 11 is 0. The number of hydrogen-bond acceptors (Lipinski definition) is 5. The zero-order chi connectivity index (χ0) is 21.4. The molecule has 7 rings (SSSR count). The number of pyridine rings is 1. The fourth-order valence-corrected chi connectivity index (χ4v) is 5.62. The van der Waals surface area contributed by atoms with Gasteiger partial charge in [0.1, 0.15) is 11.3 Å². The second-order valence-electron chi connectivity index (χ2n) is 8.93. The summed E-state index contributed by atoms with van der Waals surface area (Å²) in [7, 11) is 0. The third-order valence-electron chi connectivity index (χ3n) is 7.25. The van der Waals surface area contributed by atoms with Gasteiger partial charge in [0.25, 0.3) is 11.5 Å². The van der Waals surface area contributed by atoms with Crippen molar-refractivity contribution in [2.75, 3.05) is 13.2 Å². The highest BCUT2D eigenvalue weighted by molar-refractivity contribution is 6.02. The predicted octanol–water partition coefficient (Wildman–Crippen LogP) is 2.72. The number of aromatic amines is 1. The Labute approximate surface area is 182 Å². The molecule has 1 amide bonds. The topological polar surface area (TPSA) is 92.6 Å². The molecule has 0 bridgehead atoms. The molecule has 0 radical (unpaired) electrons. The zero-order valence-electron chi connectivity index (χ0n) is 17.4. The van der Waals surface area contributed by atoms with E-state index in [1.165, 1.54) is 5.56 Å². The van der Waals surface area contributed by atoms with Crippen molar-refractivity contribution in [1.29, 1.82) is 0 Å². The fraction of sp³-hybridized carbons (Fsp3) is 0.333. The summed E-state index contributed by atoms with van der Waals surface area (Å²) in [6, 6.07) is 5.98. The lowest BCUT2D eigenvalue weighted by molar-refractivity contribution is 0.0693. The second-order valence-corrected chi connectivity index (χ2v) is 8.93. The maximum absolute atomic E-state index is 13.3. The van der Waals surface area contributed by atoms with Crippen LogP contribution >= 0.6 is 0 Å². The molecule has 1 saturated heterocycles. The number of H-pyrrole nitrogens is 1. The Morgan fingerprint density at radius 1 is 1.06 bits per heavy atom. The van der Waals surface area contributed by atoms with E-state index >= 15 is 0 Å². The predicted molar refractivity (Wildman–Crippen MR) is 117 cm³/mol. The SMILES string of the molecule is O=C1c2cc3[nH]c(=O)c4cnc(C5CCOCC5)n4c3cc2C2Cc3ccncc3CN12. The highest BCUT2D eigenvalue weighted by atomic mass is 16.5. The largest absolute Gasteiger partial charge is 0.381 e. The molecular formula is C24H21N5O3. The molecule has 6 heterocycles. The van der Waals surface area contributed by atoms with Crippen LogP contribution in [0.4, 0.5) is 0 Å². The molecule has 0 saturated carbocycles. The van der Waals surface area contributed by atoms with Gasteiger partial charge in [-0.3, -0.25) is 19.0 Å². The van der Waals surface area contributed by atoms with Crippen LogP contribution < -0.4 is 5.56 Å². The molecule has 8 heteroatoms. The number of amides is 1. The normalized spacial score (nSPS) is 20.6. The van der Waals surface area contributed by atoms with Crippen molar-refractivity contribution < 1.29 is 9.53 Å². The maximum atomic E-state index is 13.3. The molecule has 0 aliphatic carbocycles. The summed E-state index contributed by atoms with van der Waals surface area (Å²) in [5.41, 5.74) is 5.94. The molecule has 1 fully saturated rings. The number of ether oxygens (including phenoxy) is 1. The van der Waals surface area contributed by atoms with E-state index in [9.17, 15) is 9.59 Å². The highest BCUT2D eigenvalue weighted by Gasteiger charge is 2.40. The van der Waals surface area contributed by atoms with E-state index in [0.717, 1.165) is 41.7 Å². The number of fused-ring (bicyclic) bond motifs is 7. The Morgan fingerprint density at radius 2 is 1.94 bits per heavy atom. The Balaban J connectivity index is 1.45. The zero-order valence-corrected chi connectivity index (χ0v) is 17.4. The summed E-state index contributed by atoms with van der Waals surface area (Å²) < 4.78 is 7.53. The lowest BCUT2D eigenvalue weighted by Crippen LogP contribution is -2.33. The first-order chi connectivity index (χ1) is 15.7. The first-order valence-electron chi connectivity index (χ1n) is 11.1. The van der Waals surface area contributed by atoms with E-state index < -0.39 is 0 Å². The average molecular weight is 427 g/mol. The van der Waals surface area contributed by atoms with Gasteiger partial charge in [0.15, 0.2) is 0 Å². The van der Waals surface area contributed by atoms with Crippen LogP contribution in [0.15, 0.2) is 41.6 Å². The van der Waals surface area contributed by atoms with Crippen LogP contribution in [0.1, 0.15) is 57.7 Å². The average Bonchev–Trinajstić information content (AvgIpc) is 3.38. The van der Waals surface area contributed by atoms with Crippen molar-refractivity contribution >= 4 is 22.5 Å². The van der Waals surface area contributed by atoms with Gasteiger partial charge in [-0.05, 0) is 54.2 Å². The van der Waals surface area contributed by atoms with Crippen LogP contribution in [-0.2, 0) is 17.7 Å². The van der Waals surface area contributed by atoms with Crippen molar-refractivity contribution in [3.8, 4) is 0 Å². The Kier molecular flexibility index (Phi) is 3.67. The van der Waals surface area contributed by atoms with E-state index in [-0.39, 0.29) is 23.4 Å².